The van der Waals surface area contributed by atoms with Crippen molar-refractivity contribution in [3.05, 3.63) is 47.5 Å². The summed E-state index contributed by atoms with van der Waals surface area (Å²) in [4.78, 5) is 14.2. The van der Waals surface area contributed by atoms with Crippen LogP contribution < -0.4 is 0 Å². The molecule has 0 aliphatic rings. The predicted octanol–water partition coefficient (Wildman–Crippen LogP) is 3.84. The minimum Gasteiger partial charge on any atom is -0.420 e. The van der Waals surface area contributed by atoms with Crippen molar-refractivity contribution in [2.24, 2.45) is 0 Å². The molecule has 0 unspecified atom stereocenters. The number of rotatable bonds is 6. The molecule has 2 heterocycles. The van der Waals surface area contributed by atoms with E-state index in [2.05, 4.69) is 36.1 Å². The summed E-state index contributed by atoms with van der Waals surface area (Å²) < 4.78 is 7.37. The van der Waals surface area contributed by atoms with Gasteiger partial charge in [0.25, 0.3) is 11.8 Å². The zero-order valence-corrected chi connectivity index (χ0v) is 16.4. The Bertz CT molecular complexity index is 924. The summed E-state index contributed by atoms with van der Waals surface area (Å²) in [6.45, 7) is 8.76. The number of hydrogen-bond acceptors (Lipinski definition) is 5. The van der Waals surface area contributed by atoms with Crippen molar-refractivity contribution < 1.29 is 9.21 Å². The Labute approximate surface area is 159 Å². The Hall–Kier alpha value is -2.96. The molecule has 0 aliphatic heterocycles. The molecule has 0 saturated carbocycles. The molecule has 7 nitrogen and oxygen atoms in total. The summed E-state index contributed by atoms with van der Waals surface area (Å²) in [5.41, 5.74) is 3.22. The number of carbonyl (C=O) groups is 1. The highest BCUT2D eigenvalue weighted by Crippen LogP contribution is 2.25. The van der Waals surface area contributed by atoms with E-state index in [4.69, 9.17) is 4.42 Å². The summed E-state index contributed by atoms with van der Waals surface area (Å²) in [6.07, 6.45) is 0.934. The predicted molar refractivity (Wildman–Crippen MR) is 103 cm³/mol. The monoisotopic (exact) mass is 367 g/mol. The number of hydrogen-bond donors (Lipinski definition) is 0. The van der Waals surface area contributed by atoms with Gasteiger partial charge in [-0.3, -0.25) is 4.79 Å². The van der Waals surface area contributed by atoms with Crippen LogP contribution in [-0.2, 0) is 0 Å². The first-order chi connectivity index (χ1) is 12.9. The van der Waals surface area contributed by atoms with Crippen molar-refractivity contribution in [3.8, 4) is 17.3 Å². The summed E-state index contributed by atoms with van der Waals surface area (Å²) in [6, 6.07) is 9.47. The standard InChI is InChI=1S/C20H25N5O2/c1-6-11-24(5)20(26)15-7-9-16(10-8-15)25-18(13(2)3)12-17(23-25)19-22-21-14(4)27-19/h7-10,12-13H,6,11H2,1-5H3. The van der Waals surface area contributed by atoms with E-state index >= 15 is 0 Å². The second-order valence-electron chi connectivity index (χ2n) is 6.92. The van der Waals surface area contributed by atoms with E-state index in [0.29, 0.717) is 23.0 Å². The number of amides is 1. The number of nitrogens with zero attached hydrogens (tertiary/aromatic N) is 5. The van der Waals surface area contributed by atoms with Crippen LogP contribution in [0.3, 0.4) is 0 Å². The van der Waals surface area contributed by atoms with Crippen molar-refractivity contribution in [3.63, 3.8) is 0 Å². The minimum atomic E-state index is 0.0231. The van der Waals surface area contributed by atoms with Crippen LogP contribution in [0.5, 0.6) is 0 Å². The quantitative estimate of drug-likeness (QED) is 0.661. The highest BCUT2D eigenvalue weighted by molar-refractivity contribution is 5.94. The van der Waals surface area contributed by atoms with Crippen LogP contribution in [0, 0.1) is 6.92 Å². The van der Waals surface area contributed by atoms with Crippen LogP contribution >= 0.6 is 0 Å². The highest BCUT2D eigenvalue weighted by atomic mass is 16.4. The van der Waals surface area contributed by atoms with Crippen molar-refractivity contribution >= 4 is 5.91 Å². The van der Waals surface area contributed by atoms with Gasteiger partial charge in [0.05, 0.1) is 5.69 Å². The number of aryl methyl sites for hydroxylation is 1. The van der Waals surface area contributed by atoms with Crippen LogP contribution in [0.4, 0.5) is 0 Å². The van der Waals surface area contributed by atoms with E-state index in [9.17, 15) is 4.79 Å². The lowest BCUT2D eigenvalue weighted by atomic mass is 10.1. The summed E-state index contributed by atoms with van der Waals surface area (Å²) >= 11 is 0. The molecule has 1 aromatic carbocycles. The average molecular weight is 367 g/mol. The summed E-state index contributed by atoms with van der Waals surface area (Å²) in [7, 11) is 1.82. The van der Waals surface area contributed by atoms with Crippen molar-refractivity contribution in [2.45, 2.75) is 40.0 Å². The summed E-state index contributed by atoms with van der Waals surface area (Å²) in [5, 5.41) is 12.6. The molecule has 3 rings (SSSR count). The van der Waals surface area contributed by atoms with Gasteiger partial charge in [-0.25, -0.2) is 4.68 Å². The Morgan fingerprint density at radius 1 is 1.22 bits per heavy atom. The minimum absolute atomic E-state index is 0.0231. The molecule has 2 aromatic heterocycles. The first-order valence-electron chi connectivity index (χ1n) is 9.17. The first-order valence-corrected chi connectivity index (χ1v) is 9.17. The molecule has 3 aromatic rings. The topological polar surface area (TPSA) is 77.1 Å². The Morgan fingerprint density at radius 3 is 2.48 bits per heavy atom. The van der Waals surface area contributed by atoms with Gasteiger partial charge in [-0.15, -0.1) is 10.2 Å². The zero-order chi connectivity index (χ0) is 19.6. The van der Waals surface area contributed by atoms with Gasteiger partial charge in [-0.1, -0.05) is 20.8 Å². The molecule has 7 heteroatoms. The van der Waals surface area contributed by atoms with Gasteiger partial charge < -0.3 is 9.32 Å². The second kappa shape index (κ2) is 7.73. The van der Waals surface area contributed by atoms with Gasteiger partial charge in [0, 0.05) is 31.8 Å². The van der Waals surface area contributed by atoms with Crippen LogP contribution in [-0.4, -0.2) is 44.4 Å². The Morgan fingerprint density at radius 2 is 1.93 bits per heavy atom. The van der Waals surface area contributed by atoms with Crippen molar-refractivity contribution in [2.75, 3.05) is 13.6 Å². The van der Waals surface area contributed by atoms with Gasteiger partial charge in [-0.2, -0.15) is 5.10 Å². The lowest BCUT2D eigenvalue weighted by Crippen LogP contribution is -2.27. The third-order valence-corrected chi connectivity index (χ3v) is 4.34. The number of benzene rings is 1. The molecule has 0 aliphatic carbocycles. The summed E-state index contributed by atoms with van der Waals surface area (Å²) in [5.74, 6) is 1.19. The van der Waals surface area contributed by atoms with Crippen LogP contribution in [0.15, 0.2) is 34.7 Å². The lowest BCUT2D eigenvalue weighted by molar-refractivity contribution is 0.0795. The van der Waals surface area contributed by atoms with Gasteiger partial charge >= 0.3 is 0 Å². The zero-order valence-electron chi connectivity index (χ0n) is 16.4. The van der Waals surface area contributed by atoms with E-state index in [0.717, 1.165) is 24.3 Å². The van der Waals surface area contributed by atoms with E-state index in [1.54, 1.807) is 11.8 Å². The maximum absolute atomic E-state index is 12.4. The molecule has 0 saturated heterocycles. The fraction of sp³-hybridized carbons (Fsp3) is 0.400. The molecule has 0 radical (unpaired) electrons. The van der Waals surface area contributed by atoms with E-state index in [-0.39, 0.29) is 11.8 Å². The molecule has 0 N–H and O–H groups in total. The van der Waals surface area contributed by atoms with E-state index in [1.165, 1.54) is 0 Å². The molecule has 0 atom stereocenters. The number of carbonyl (C=O) groups excluding carboxylic acids is 1. The Balaban J connectivity index is 1.93. The van der Waals surface area contributed by atoms with Gasteiger partial charge in [-0.05, 0) is 42.7 Å². The largest absolute Gasteiger partial charge is 0.420 e. The van der Waals surface area contributed by atoms with Gasteiger partial charge in [0.15, 0.2) is 0 Å². The molecule has 142 valence electrons. The first kappa shape index (κ1) is 18.8. The average Bonchev–Trinajstić information content (AvgIpc) is 3.28. The molecule has 0 fully saturated rings. The number of aromatic nitrogens is 4. The second-order valence-corrected chi connectivity index (χ2v) is 6.92. The van der Waals surface area contributed by atoms with E-state index in [1.807, 2.05) is 42.1 Å². The van der Waals surface area contributed by atoms with Gasteiger partial charge in [0.2, 0.25) is 5.89 Å². The molecular formula is C20H25N5O2. The molecule has 1 amide bonds. The Kier molecular flexibility index (Phi) is 5.39. The SMILES string of the molecule is CCCN(C)C(=O)c1ccc(-n2nc(-c3nnc(C)o3)cc2C(C)C)cc1. The molecule has 0 bridgehead atoms. The van der Waals surface area contributed by atoms with Crippen LogP contribution in [0.2, 0.25) is 0 Å². The van der Waals surface area contributed by atoms with Crippen LogP contribution in [0.1, 0.15) is 55.1 Å². The third kappa shape index (κ3) is 3.92. The fourth-order valence-corrected chi connectivity index (χ4v) is 2.92. The normalized spacial score (nSPS) is 11.2. The molecule has 0 spiro atoms. The molecular weight excluding hydrogens is 342 g/mol. The van der Waals surface area contributed by atoms with Gasteiger partial charge in [0.1, 0.15) is 5.69 Å². The third-order valence-electron chi connectivity index (χ3n) is 4.34. The van der Waals surface area contributed by atoms with Crippen LogP contribution in [0.25, 0.3) is 17.3 Å². The van der Waals surface area contributed by atoms with Crippen molar-refractivity contribution in [1.29, 1.82) is 0 Å². The van der Waals surface area contributed by atoms with Crippen molar-refractivity contribution in [1.82, 2.24) is 24.9 Å². The highest BCUT2D eigenvalue weighted by Gasteiger charge is 2.18. The lowest BCUT2D eigenvalue weighted by Gasteiger charge is -2.16. The molecule has 27 heavy (non-hydrogen) atoms. The maximum atomic E-state index is 12.4. The maximum Gasteiger partial charge on any atom is 0.268 e. The smallest absolute Gasteiger partial charge is 0.268 e. The fourth-order valence-electron chi connectivity index (χ4n) is 2.92. The van der Waals surface area contributed by atoms with E-state index < -0.39 is 0 Å².